The molecule has 138 valence electrons. The molecule has 3 rings (SSSR count). The highest BCUT2D eigenvalue weighted by atomic mass is 79.9. The van der Waals surface area contributed by atoms with Crippen molar-refractivity contribution in [1.29, 1.82) is 0 Å². The van der Waals surface area contributed by atoms with E-state index in [0.717, 1.165) is 18.4 Å². The van der Waals surface area contributed by atoms with Crippen molar-refractivity contribution in [3.05, 3.63) is 56.5 Å². The fourth-order valence-corrected chi connectivity index (χ4v) is 3.17. The van der Waals surface area contributed by atoms with E-state index < -0.39 is 28.1 Å². The number of phenols is 2. The Balaban J connectivity index is 2.26. The van der Waals surface area contributed by atoms with Crippen molar-refractivity contribution in [3.8, 4) is 33.9 Å². The summed E-state index contributed by atoms with van der Waals surface area (Å²) in [7, 11) is 0. The molecule has 0 atom stereocenters. The van der Waals surface area contributed by atoms with Crippen molar-refractivity contribution >= 4 is 27.6 Å². The molecule has 0 saturated carbocycles. The Morgan fingerprint density at radius 2 is 1.96 bits per heavy atom. The summed E-state index contributed by atoms with van der Waals surface area (Å²) in [5, 5.41) is 40.1. The molecular formula is C17H11BrN2O7. The van der Waals surface area contributed by atoms with Gasteiger partial charge in [-0.05, 0) is 46.6 Å². The van der Waals surface area contributed by atoms with Crippen LogP contribution in [-0.2, 0) is 0 Å². The van der Waals surface area contributed by atoms with Gasteiger partial charge in [0.1, 0.15) is 10.2 Å². The summed E-state index contributed by atoms with van der Waals surface area (Å²) >= 11 is 3.26. The molecule has 0 fully saturated rings. The molecule has 0 radical (unpaired) electrons. The fourth-order valence-electron chi connectivity index (χ4n) is 2.57. The molecule has 0 aliphatic heterocycles. The van der Waals surface area contributed by atoms with Crippen molar-refractivity contribution in [3.63, 3.8) is 0 Å². The first-order valence-electron chi connectivity index (χ1n) is 7.39. The zero-order chi connectivity index (χ0) is 19.9. The highest BCUT2D eigenvalue weighted by Crippen LogP contribution is 2.43. The van der Waals surface area contributed by atoms with Crippen molar-refractivity contribution in [1.82, 2.24) is 4.98 Å². The van der Waals surface area contributed by atoms with Gasteiger partial charge in [0.15, 0.2) is 11.5 Å². The number of halogens is 1. The number of carboxylic acid groups (broad SMARTS) is 1. The van der Waals surface area contributed by atoms with Gasteiger partial charge in [-0.3, -0.25) is 10.1 Å². The van der Waals surface area contributed by atoms with E-state index in [0.29, 0.717) is 15.9 Å². The monoisotopic (exact) mass is 434 g/mol. The van der Waals surface area contributed by atoms with Gasteiger partial charge in [-0.25, -0.2) is 9.78 Å². The van der Waals surface area contributed by atoms with Crippen LogP contribution in [0, 0.1) is 17.0 Å². The number of pyridine rings is 1. The zero-order valence-electron chi connectivity index (χ0n) is 13.6. The zero-order valence-corrected chi connectivity index (χ0v) is 15.2. The number of nitro benzene ring substituents is 1. The minimum atomic E-state index is -1.34. The highest BCUT2D eigenvalue weighted by molar-refractivity contribution is 9.10. The second-order valence-electron chi connectivity index (χ2n) is 5.57. The molecule has 0 aliphatic carbocycles. The molecule has 9 nitrogen and oxygen atoms in total. The first-order valence-corrected chi connectivity index (χ1v) is 8.19. The molecule has 2 aromatic heterocycles. The summed E-state index contributed by atoms with van der Waals surface area (Å²) in [4.78, 5) is 26.2. The molecule has 3 N–H and O–H groups in total. The van der Waals surface area contributed by atoms with E-state index in [1.165, 1.54) is 0 Å². The third kappa shape index (κ3) is 3.22. The summed E-state index contributed by atoms with van der Waals surface area (Å²) in [5.74, 6) is -3.00. The van der Waals surface area contributed by atoms with Crippen molar-refractivity contribution < 1.29 is 29.5 Å². The quantitative estimate of drug-likeness (QED) is 0.240. The number of hydrogen-bond acceptors (Lipinski definition) is 7. The van der Waals surface area contributed by atoms with Crippen molar-refractivity contribution in [2.75, 3.05) is 0 Å². The van der Waals surface area contributed by atoms with Crippen molar-refractivity contribution in [2.45, 2.75) is 6.92 Å². The Hall–Kier alpha value is -3.40. The number of furan rings is 1. The number of hydrogen-bond donors (Lipinski definition) is 3. The van der Waals surface area contributed by atoms with Gasteiger partial charge in [-0.1, -0.05) is 0 Å². The maximum Gasteiger partial charge on any atom is 0.340 e. The second-order valence-corrected chi connectivity index (χ2v) is 6.32. The minimum absolute atomic E-state index is 0.000549. The maximum atomic E-state index is 11.9. The van der Waals surface area contributed by atoms with E-state index >= 15 is 0 Å². The summed E-state index contributed by atoms with van der Waals surface area (Å²) in [5.41, 5.74) is 0.0575. The standard InChI is InChI=1S/C17H11BrN2O7/c1-7-2-3-9(16(18)19-7)15-13(17(23)24)10(6-27-15)8-4-11(20(25)26)14(22)12(21)5-8/h2-6,21-22H,1H3,(H,23,24). The number of rotatable bonds is 4. The van der Waals surface area contributed by atoms with E-state index in [4.69, 9.17) is 4.42 Å². The second kappa shape index (κ2) is 6.72. The van der Waals surface area contributed by atoms with Gasteiger partial charge in [0, 0.05) is 17.3 Å². The molecule has 0 spiro atoms. The molecule has 1 aromatic carbocycles. The smallest absolute Gasteiger partial charge is 0.340 e. The number of nitrogens with zero attached hydrogens (tertiary/aromatic N) is 2. The lowest BCUT2D eigenvalue weighted by Gasteiger charge is -2.06. The molecule has 10 heteroatoms. The lowest BCUT2D eigenvalue weighted by molar-refractivity contribution is -0.385. The Kier molecular flexibility index (Phi) is 4.58. The number of aryl methyl sites for hydroxylation is 1. The van der Waals surface area contributed by atoms with Crippen LogP contribution in [0.15, 0.2) is 39.5 Å². The summed E-state index contributed by atoms with van der Waals surface area (Å²) < 4.78 is 5.79. The van der Waals surface area contributed by atoms with E-state index in [9.17, 15) is 30.2 Å². The minimum Gasteiger partial charge on any atom is -0.504 e. The molecule has 0 saturated heterocycles. The first kappa shape index (κ1) is 18.4. The van der Waals surface area contributed by atoms with Gasteiger partial charge in [0.25, 0.3) is 0 Å². The van der Waals surface area contributed by atoms with Crippen molar-refractivity contribution in [2.24, 2.45) is 0 Å². The van der Waals surface area contributed by atoms with Gasteiger partial charge in [0.05, 0.1) is 16.7 Å². The number of benzene rings is 1. The average Bonchev–Trinajstić information content (AvgIpc) is 3.01. The number of aromatic nitrogens is 1. The largest absolute Gasteiger partial charge is 0.504 e. The third-order valence-electron chi connectivity index (χ3n) is 3.81. The van der Waals surface area contributed by atoms with Gasteiger partial charge in [-0.15, -0.1) is 0 Å². The number of nitro groups is 1. The fraction of sp³-hybridized carbons (Fsp3) is 0.0588. The Morgan fingerprint density at radius 1 is 1.26 bits per heavy atom. The Bertz CT molecular complexity index is 1090. The summed E-state index contributed by atoms with van der Waals surface area (Å²) in [6.45, 7) is 1.76. The average molecular weight is 435 g/mol. The van der Waals surface area contributed by atoms with Gasteiger partial charge >= 0.3 is 11.7 Å². The van der Waals surface area contributed by atoms with Crippen LogP contribution in [0.4, 0.5) is 5.69 Å². The third-order valence-corrected chi connectivity index (χ3v) is 4.42. The van der Waals surface area contributed by atoms with Crippen LogP contribution in [0.2, 0.25) is 0 Å². The topological polar surface area (TPSA) is 147 Å². The SMILES string of the molecule is Cc1ccc(-c2occ(-c3cc(O)c(O)c([N+](=O)[O-])c3)c2C(=O)O)c(Br)n1. The summed E-state index contributed by atoms with van der Waals surface area (Å²) in [6, 6.07) is 5.27. The number of phenolic OH excluding ortho intramolecular Hbond substituents is 2. The molecule has 27 heavy (non-hydrogen) atoms. The van der Waals surface area contributed by atoms with E-state index in [-0.39, 0.29) is 22.5 Å². The van der Waals surface area contributed by atoms with Gasteiger partial charge < -0.3 is 19.7 Å². The van der Waals surface area contributed by atoms with Crippen LogP contribution in [0.25, 0.3) is 22.5 Å². The lowest BCUT2D eigenvalue weighted by Crippen LogP contribution is -2.00. The molecule has 0 amide bonds. The van der Waals surface area contributed by atoms with E-state index in [1.807, 2.05) is 0 Å². The molecule has 3 aromatic rings. The number of carbonyl (C=O) groups is 1. The van der Waals surface area contributed by atoms with Crippen LogP contribution in [0.3, 0.4) is 0 Å². The first-order chi connectivity index (χ1) is 12.7. The Labute approximate surface area is 159 Å². The number of aromatic hydroxyl groups is 2. The molecular weight excluding hydrogens is 424 g/mol. The molecule has 2 heterocycles. The number of carboxylic acids is 1. The molecule has 0 aliphatic rings. The number of aromatic carboxylic acids is 1. The Morgan fingerprint density at radius 3 is 2.56 bits per heavy atom. The van der Waals surface area contributed by atoms with E-state index in [1.54, 1.807) is 19.1 Å². The lowest BCUT2D eigenvalue weighted by atomic mass is 9.99. The highest BCUT2D eigenvalue weighted by Gasteiger charge is 2.27. The predicted octanol–water partition coefficient (Wildman–Crippen LogP) is 4.10. The maximum absolute atomic E-state index is 11.9. The molecule has 0 bridgehead atoms. The summed E-state index contributed by atoms with van der Waals surface area (Å²) in [6.07, 6.45) is 1.11. The predicted molar refractivity (Wildman–Crippen MR) is 96.8 cm³/mol. The molecule has 0 unspecified atom stereocenters. The van der Waals surface area contributed by atoms with Crippen LogP contribution in [0.1, 0.15) is 16.1 Å². The van der Waals surface area contributed by atoms with Crippen LogP contribution < -0.4 is 0 Å². The van der Waals surface area contributed by atoms with E-state index in [2.05, 4.69) is 20.9 Å². The normalized spacial score (nSPS) is 10.7. The van der Waals surface area contributed by atoms with Gasteiger partial charge in [-0.2, -0.15) is 0 Å². The van der Waals surface area contributed by atoms with Crippen LogP contribution in [0.5, 0.6) is 11.5 Å². The van der Waals surface area contributed by atoms with Crippen LogP contribution >= 0.6 is 15.9 Å². The van der Waals surface area contributed by atoms with Crippen LogP contribution in [-0.4, -0.2) is 31.2 Å². The van der Waals surface area contributed by atoms with Gasteiger partial charge in [0.2, 0.25) is 5.75 Å².